The lowest BCUT2D eigenvalue weighted by molar-refractivity contribution is -0.118. The van der Waals surface area contributed by atoms with Gasteiger partial charge in [0.05, 0.1) is 18.9 Å². The predicted octanol–water partition coefficient (Wildman–Crippen LogP) is 4.00. The number of nitrogens with one attached hydrogen (secondary N) is 1. The minimum atomic E-state index is 0.0392. The Labute approximate surface area is 164 Å². The van der Waals surface area contributed by atoms with Crippen molar-refractivity contribution in [2.24, 2.45) is 0 Å². The minimum Gasteiger partial charge on any atom is -0.497 e. The van der Waals surface area contributed by atoms with E-state index < -0.39 is 0 Å². The van der Waals surface area contributed by atoms with Crippen molar-refractivity contribution in [2.45, 2.75) is 11.8 Å². The van der Waals surface area contributed by atoms with Crippen LogP contribution in [0.5, 0.6) is 5.75 Å². The SMILES string of the molecule is COc1ccc(C(CNC(=O)CSCc2cccc(Cl)c2)N(C)C)cc1. The topological polar surface area (TPSA) is 41.6 Å². The number of nitrogens with zero attached hydrogens (tertiary/aromatic N) is 1. The highest BCUT2D eigenvalue weighted by Crippen LogP contribution is 2.21. The zero-order valence-electron chi connectivity index (χ0n) is 15.4. The Kier molecular flexibility index (Phi) is 8.29. The number of ether oxygens (including phenoxy) is 1. The molecule has 140 valence electrons. The van der Waals surface area contributed by atoms with Crippen molar-refractivity contribution in [2.75, 3.05) is 33.5 Å². The maximum atomic E-state index is 12.2. The van der Waals surface area contributed by atoms with Crippen LogP contribution in [0.2, 0.25) is 5.02 Å². The van der Waals surface area contributed by atoms with Gasteiger partial charge in [-0.1, -0.05) is 35.9 Å². The van der Waals surface area contributed by atoms with Gasteiger partial charge < -0.3 is 15.0 Å². The van der Waals surface area contributed by atoms with Gasteiger partial charge in [-0.15, -0.1) is 11.8 Å². The molecule has 0 aromatic heterocycles. The van der Waals surface area contributed by atoms with Gasteiger partial charge in [-0.3, -0.25) is 4.79 Å². The molecule has 0 spiro atoms. The summed E-state index contributed by atoms with van der Waals surface area (Å²) < 4.78 is 5.20. The molecular weight excluding hydrogens is 368 g/mol. The van der Waals surface area contributed by atoms with E-state index in [1.807, 2.05) is 62.6 Å². The third kappa shape index (κ3) is 6.56. The molecule has 0 aliphatic heterocycles. The molecule has 0 saturated carbocycles. The summed E-state index contributed by atoms with van der Waals surface area (Å²) in [7, 11) is 5.67. The molecule has 26 heavy (non-hydrogen) atoms. The number of halogens is 1. The minimum absolute atomic E-state index is 0.0392. The normalized spacial score (nSPS) is 12.0. The first-order valence-corrected chi connectivity index (χ1v) is 9.92. The Morgan fingerprint density at radius 1 is 1.23 bits per heavy atom. The van der Waals surface area contributed by atoms with E-state index in [1.165, 1.54) is 0 Å². The van der Waals surface area contributed by atoms with E-state index in [0.717, 1.165) is 27.7 Å². The number of benzene rings is 2. The molecule has 4 nitrogen and oxygen atoms in total. The highest BCUT2D eigenvalue weighted by molar-refractivity contribution is 7.99. The summed E-state index contributed by atoms with van der Waals surface area (Å²) in [6.45, 7) is 0.565. The fourth-order valence-electron chi connectivity index (χ4n) is 2.57. The summed E-state index contributed by atoms with van der Waals surface area (Å²) in [6.07, 6.45) is 0. The largest absolute Gasteiger partial charge is 0.497 e. The maximum absolute atomic E-state index is 12.2. The highest BCUT2D eigenvalue weighted by Gasteiger charge is 2.15. The third-order valence-corrected chi connectivity index (χ3v) is 5.25. The average molecular weight is 393 g/mol. The summed E-state index contributed by atoms with van der Waals surface area (Å²) >= 11 is 7.56. The Morgan fingerprint density at radius 2 is 1.96 bits per heavy atom. The molecule has 1 atom stereocenters. The van der Waals surface area contributed by atoms with Crippen LogP contribution < -0.4 is 10.1 Å². The molecule has 0 radical (unpaired) electrons. The molecule has 6 heteroatoms. The second-order valence-electron chi connectivity index (χ2n) is 6.18. The molecule has 0 saturated heterocycles. The second kappa shape index (κ2) is 10.5. The van der Waals surface area contributed by atoms with Crippen LogP contribution in [0.25, 0.3) is 0 Å². The van der Waals surface area contributed by atoms with Crippen LogP contribution in [0.3, 0.4) is 0 Å². The van der Waals surface area contributed by atoms with E-state index in [4.69, 9.17) is 16.3 Å². The van der Waals surface area contributed by atoms with Crippen molar-refractivity contribution in [3.63, 3.8) is 0 Å². The first-order valence-electron chi connectivity index (χ1n) is 8.39. The van der Waals surface area contributed by atoms with Crippen molar-refractivity contribution in [1.29, 1.82) is 0 Å². The summed E-state index contributed by atoms with van der Waals surface area (Å²) in [5.74, 6) is 2.06. The van der Waals surface area contributed by atoms with Crippen LogP contribution in [-0.4, -0.2) is 44.3 Å². The number of rotatable bonds is 9. The molecule has 0 aliphatic rings. The van der Waals surface area contributed by atoms with Gasteiger partial charge >= 0.3 is 0 Å². The molecule has 1 N–H and O–H groups in total. The summed E-state index contributed by atoms with van der Waals surface area (Å²) in [5, 5.41) is 3.75. The van der Waals surface area contributed by atoms with Crippen molar-refractivity contribution in [3.05, 3.63) is 64.7 Å². The number of methoxy groups -OCH3 is 1. The van der Waals surface area contributed by atoms with Gasteiger partial charge in [-0.2, -0.15) is 0 Å². The molecule has 0 fully saturated rings. The van der Waals surface area contributed by atoms with E-state index in [9.17, 15) is 4.79 Å². The zero-order chi connectivity index (χ0) is 18.9. The number of hydrogen-bond acceptors (Lipinski definition) is 4. The quantitative estimate of drug-likeness (QED) is 0.700. The molecule has 2 rings (SSSR count). The Balaban J connectivity index is 1.81. The summed E-state index contributed by atoms with van der Waals surface area (Å²) in [5.41, 5.74) is 2.27. The van der Waals surface area contributed by atoms with E-state index in [0.29, 0.717) is 12.3 Å². The standard InChI is InChI=1S/C20H25ClN2O2S/c1-23(2)19(16-7-9-18(25-3)10-8-16)12-22-20(24)14-26-13-15-5-4-6-17(21)11-15/h4-11,19H,12-14H2,1-3H3,(H,22,24). The van der Waals surface area contributed by atoms with E-state index >= 15 is 0 Å². The summed E-state index contributed by atoms with van der Waals surface area (Å²) in [4.78, 5) is 14.3. The van der Waals surface area contributed by atoms with Crippen LogP contribution in [0.1, 0.15) is 17.2 Å². The second-order valence-corrected chi connectivity index (χ2v) is 7.60. The summed E-state index contributed by atoms with van der Waals surface area (Å²) in [6, 6.07) is 15.8. The number of carbonyl (C=O) groups is 1. The number of carbonyl (C=O) groups excluding carboxylic acids is 1. The van der Waals surface area contributed by atoms with Gasteiger partial charge in [0.2, 0.25) is 5.91 Å². The van der Waals surface area contributed by atoms with Crippen LogP contribution in [-0.2, 0) is 10.5 Å². The fraction of sp³-hybridized carbons (Fsp3) is 0.350. The van der Waals surface area contributed by atoms with Gasteiger partial charge in [0, 0.05) is 17.3 Å². The van der Waals surface area contributed by atoms with Crippen molar-refractivity contribution in [1.82, 2.24) is 10.2 Å². The smallest absolute Gasteiger partial charge is 0.230 e. The van der Waals surface area contributed by atoms with Gasteiger partial charge in [0.15, 0.2) is 0 Å². The third-order valence-electron chi connectivity index (χ3n) is 4.01. The zero-order valence-corrected chi connectivity index (χ0v) is 16.9. The molecular formula is C20H25ClN2O2S. The molecule has 1 unspecified atom stereocenters. The number of likely N-dealkylation sites (N-methyl/N-ethyl adjacent to an activating group) is 1. The predicted molar refractivity (Wildman–Crippen MR) is 110 cm³/mol. The van der Waals surface area contributed by atoms with Gasteiger partial charge in [0.25, 0.3) is 0 Å². The monoisotopic (exact) mass is 392 g/mol. The van der Waals surface area contributed by atoms with Crippen molar-refractivity contribution in [3.8, 4) is 5.75 Å². The number of amides is 1. The van der Waals surface area contributed by atoms with Crippen molar-refractivity contribution >= 4 is 29.3 Å². The number of hydrogen-bond donors (Lipinski definition) is 1. The molecule has 2 aromatic rings. The Bertz CT molecular complexity index is 707. The van der Waals surface area contributed by atoms with E-state index in [2.05, 4.69) is 10.2 Å². The molecule has 1 amide bonds. The Morgan fingerprint density at radius 3 is 2.58 bits per heavy atom. The van der Waals surface area contributed by atoms with Crippen LogP contribution in [0.15, 0.2) is 48.5 Å². The highest BCUT2D eigenvalue weighted by atomic mass is 35.5. The van der Waals surface area contributed by atoms with E-state index in [1.54, 1.807) is 18.9 Å². The van der Waals surface area contributed by atoms with Crippen LogP contribution in [0, 0.1) is 0 Å². The lowest BCUT2D eigenvalue weighted by atomic mass is 10.1. The lowest BCUT2D eigenvalue weighted by Gasteiger charge is -2.25. The van der Waals surface area contributed by atoms with Crippen LogP contribution >= 0.6 is 23.4 Å². The lowest BCUT2D eigenvalue weighted by Crippen LogP contribution is -2.35. The first-order chi connectivity index (χ1) is 12.5. The van der Waals surface area contributed by atoms with E-state index in [-0.39, 0.29) is 11.9 Å². The molecule has 0 heterocycles. The number of thioether (sulfide) groups is 1. The Hall–Kier alpha value is -1.69. The van der Waals surface area contributed by atoms with Crippen LogP contribution in [0.4, 0.5) is 0 Å². The molecule has 0 aliphatic carbocycles. The first kappa shape index (κ1) is 20.6. The fourth-order valence-corrected chi connectivity index (χ4v) is 3.59. The van der Waals surface area contributed by atoms with Gasteiger partial charge in [0.1, 0.15) is 5.75 Å². The van der Waals surface area contributed by atoms with Crippen molar-refractivity contribution < 1.29 is 9.53 Å². The van der Waals surface area contributed by atoms with Gasteiger partial charge in [-0.25, -0.2) is 0 Å². The molecule has 0 bridgehead atoms. The maximum Gasteiger partial charge on any atom is 0.230 e. The average Bonchev–Trinajstić information content (AvgIpc) is 2.62. The van der Waals surface area contributed by atoms with Gasteiger partial charge in [-0.05, 0) is 49.5 Å². The molecule has 2 aromatic carbocycles.